The van der Waals surface area contributed by atoms with Crippen molar-refractivity contribution in [3.8, 4) is 0 Å². The highest BCUT2D eigenvalue weighted by atomic mass is 32.2. The Hall–Kier alpha value is -0.430. The monoisotopic (exact) mass is 331 g/mol. The van der Waals surface area contributed by atoms with Gasteiger partial charge in [-0.05, 0) is 42.5 Å². The predicted molar refractivity (Wildman–Crippen MR) is 86.3 cm³/mol. The molecule has 2 rings (SSSR count). The SMILES string of the molecule is C[C@@H]1CC[C@H](NC[C@@H](O)CS(=O)(=O)c2cccs2)[C@H](C)C1. The Bertz CT molecular complexity index is 527. The normalized spacial score (nSPS) is 28.4. The third-order valence-electron chi connectivity index (χ3n) is 4.26. The van der Waals surface area contributed by atoms with Gasteiger partial charge in [-0.25, -0.2) is 8.42 Å². The molecule has 0 bridgehead atoms. The van der Waals surface area contributed by atoms with Crippen LogP contribution >= 0.6 is 11.3 Å². The molecule has 21 heavy (non-hydrogen) atoms. The highest BCUT2D eigenvalue weighted by Gasteiger charge is 2.26. The van der Waals surface area contributed by atoms with Crippen molar-refractivity contribution in [1.82, 2.24) is 5.32 Å². The maximum absolute atomic E-state index is 12.1. The van der Waals surface area contributed by atoms with E-state index in [1.165, 1.54) is 24.2 Å². The first-order chi connectivity index (χ1) is 9.88. The van der Waals surface area contributed by atoms with Crippen LogP contribution in [0.2, 0.25) is 0 Å². The van der Waals surface area contributed by atoms with Gasteiger partial charge in [0.05, 0.1) is 11.9 Å². The van der Waals surface area contributed by atoms with E-state index in [2.05, 4.69) is 19.2 Å². The van der Waals surface area contributed by atoms with Crippen LogP contribution in [0.5, 0.6) is 0 Å². The third kappa shape index (κ3) is 4.77. The van der Waals surface area contributed by atoms with E-state index < -0.39 is 15.9 Å². The maximum Gasteiger partial charge on any atom is 0.190 e. The first-order valence-corrected chi connectivity index (χ1v) is 10.1. The number of sulfone groups is 1. The number of hydrogen-bond acceptors (Lipinski definition) is 5. The Morgan fingerprint density at radius 3 is 2.81 bits per heavy atom. The lowest BCUT2D eigenvalue weighted by atomic mass is 9.80. The largest absolute Gasteiger partial charge is 0.391 e. The van der Waals surface area contributed by atoms with Crippen LogP contribution in [0.1, 0.15) is 33.1 Å². The fourth-order valence-corrected chi connectivity index (χ4v) is 5.57. The third-order valence-corrected chi connectivity index (χ3v) is 7.55. The lowest BCUT2D eigenvalue weighted by molar-refractivity contribution is 0.165. The van der Waals surface area contributed by atoms with Crippen molar-refractivity contribution in [3.05, 3.63) is 17.5 Å². The van der Waals surface area contributed by atoms with E-state index >= 15 is 0 Å². The molecule has 0 unspecified atom stereocenters. The topological polar surface area (TPSA) is 66.4 Å². The predicted octanol–water partition coefficient (Wildman–Crippen LogP) is 2.30. The Kier molecular flexibility index (Phi) is 5.82. The summed E-state index contributed by atoms with van der Waals surface area (Å²) < 4.78 is 24.5. The van der Waals surface area contributed by atoms with Crippen LogP contribution in [-0.4, -0.2) is 38.0 Å². The molecule has 6 heteroatoms. The van der Waals surface area contributed by atoms with Crippen LogP contribution in [0.15, 0.2) is 21.7 Å². The van der Waals surface area contributed by atoms with E-state index in [0.717, 1.165) is 12.3 Å². The van der Waals surface area contributed by atoms with Crippen molar-refractivity contribution in [2.45, 2.75) is 49.5 Å². The maximum atomic E-state index is 12.1. The second-order valence-corrected chi connectivity index (χ2v) is 9.49. The summed E-state index contributed by atoms with van der Waals surface area (Å²) in [4.78, 5) is 0. The average molecular weight is 332 g/mol. The molecule has 0 saturated heterocycles. The minimum Gasteiger partial charge on any atom is -0.391 e. The van der Waals surface area contributed by atoms with E-state index in [0.29, 0.717) is 22.7 Å². The fraction of sp³-hybridized carbons (Fsp3) is 0.733. The van der Waals surface area contributed by atoms with Gasteiger partial charge >= 0.3 is 0 Å². The summed E-state index contributed by atoms with van der Waals surface area (Å²) in [6.07, 6.45) is 2.64. The summed E-state index contributed by atoms with van der Waals surface area (Å²) >= 11 is 1.20. The van der Waals surface area contributed by atoms with Crippen LogP contribution < -0.4 is 5.32 Å². The lowest BCUT2D eigenvalue weighted by Gasteiger charge is -2.33. The molecule has 1 aromatic rings. The summed E-state index contributed by atoms with van der Waals surface area (Å²) in [7, 11) is -3.36. The molecule has 1 fully saturated rings. The van der Waals surface area contributed by atoms with Crippen LogP contribution in [-0.2, 0) is 9.84 Å². The zero-order chi connectivity index (χ0) is 15.5. The molecule has 120 valence electrons. The number of thiophene rings is 1. The number of aliphatic hydroxyl groups is 1. The molecule has 0 aromatic carbocycles. The van der Waals surface area contributed by atoms with Gasteiger partial charge in [0.15, 0.2) is 9.84 Å². The highest BCUT2D eigenvalue weighted by molar-refractivity contribution is 7.93. The van der Waals surface area contributed by atoms with Gasteiger partial charge in [-0.3, -0.25) is 0 Å². The van der Waals surface area contributed by atoms with E-state index in [4.69, 9.17) is 0 Å². The smallest absolute Gasteiger partial charge is 0.190 e. The van der Waals surface area contributed by atoms with Gasteiger partial charge in [0.25, 0.3) is 0 Å². The van der Waals surface area contributed by atoms with Crippen LogP contribution in [0.4, 0.5) is 0 Å². The van der Waals surface area contributed by atoms with Crippen molar-refractivity contribution < 1.29 is 13.5 Å². The van der Waals surface area contributed by atoms with Crippen molar-refractivity contribution in [1.29, 1.82) is 0 Å². The second kappa shape index (κ2) is 7.22. The van der Waals surface area contributed by atoms with E-state index in [-0.39, 0.29) is 5.75 Å². The van der Waals surface area contributed by atoms with Crippen molar-refractivity contribution in [3.63, 3.8) is 0 Å². The summed E-state index contributed by atoms with van der Waals surface area (Å²) in [5.74, 6) is 1.13. The minimum absolute atomic E-state index is 0.210. The molecule has 1 aliphatic carbocycles. The van der Waals surface area contributed by atoms with Crippen LogP contribution in [0.3, 0.4) is 0 Å². The van der Waals surface area contributed by atoms with Gasteiger partial charge in [-0.1, -0.05) is 19.9 Å². The number of rotatable bonds is 6. The number of nitrogens with one attached hydrogen (secondary N) is 1. The molecule has 0 aliphatic heterocycles. The van der Waals surface area contributed by atoms with Gasteiger partial charge < -0.3 is 10.4 Å². The quantitative estimate of drug-likeness (QED) is 0.839. The Morgan fingerprint density at radius 1 is 1.43 bits per heavy atom. The molecule has 1 saturated carbocycles. The van der Waals surface area contributed by atoms with E-state index in [1.54, 1.807) is 17.5 Å². The molecule has 4 atom stereocenters. The molecule has 1 aliphatic rings. The van der Waals surface area contributed by atoms with Gasteiger partial charge in [0, 0.05) is 12.6 Å². The molecule has 2 N–H and O–H groups in total. The van der Waals surface area contributed by atoms with Crippen molar-refractivity contribution in [2.75, 3.05) is 12.3 Å². The zero-order valence-corrected chi connectivity index (χ0v) is 14.3. The zero-order valence-electron chi connectivity index (χ0n) is 12.7. The molecular weight excluding hydrogens is 306 g/mol. The second-order valence-electron chi connectivity index (χ2n) is 6.28. The Labute approximate surface area is 131 Å². The lowest BCUT2D eigenvalue weighted by Crippen LogP contribution is -2.43. The van der Waals surface area contributed by atoms with Crippen LogP contribution in [0, 0.1) is 11.8 Å². The molecule has 0 amide bonds. The van der Waals surface area contributed by atoms with Gasteiger partial charge in [-0.2, -0.15) is 0 Å². The number of aliphatic hydroxyl groups excluding tert-OH is 1. The average Bonchev–Trinajstić information content (AvgIpc) is 2.91. The summed E-state index contributed by atoms with van der Waals surface area (Å²) in [6, 6.07) is 3.69. The molecule has 0 spiro atoms. The van der Waals surface area contributed by atoms with Gasteiger partial charge in [0.2, 0.25) is 0 Å². The first kappa shape index (κ1) is 16.9. The summed E-state index contributed by atoms with van der Waals surface area (Å²) in [6.45, 7) is 4.84. The summed E-state index contributed by atoms with van der Waals surface area (Å²) in [5, 5.41) is 15.1. The summed E-state index contributed by atoms with van der Waals surface area (Å²) in [5.41, 5.74) is 0. The van der Waals surface area contributed by atoms with Gasteiger partial charge in [-0.15, -0.1) is 11.3 Å². The van der Waals surface area contributed by atoms with Gasteiger partial charge in [0.1, 0.15) is 4.21 Å². The molecular formula is C15H25NO3S2. The Balaban J connectivity index is 1.81. The molecule has 0 radical (unpaired) electrons. The minimum atomic E-state index is -3.36. The molecule has 1 aromatic heterocycles. The highest BCUT2D eigenvalue weighted by Crippen LogP contribution is 2.28. The van der Waals surface area contributed by atoms with Crippen LogP contribution in [0.25, 0.3) is 0 Å². The van der Waals surface area contributed by atoms with Crippen molar-refractivity contribution >= 4 is 21.2 Å². The standard InChI is InChI=1S/C15H25NO3S2/c1-11-5-6-14(12(2)8-11)16-9-13(17)10-21(18,19)15-4-3-7-20-15/h3-4,7,11-14,16-17H,5-6,8-10H2,1-2H3/t11-,12-,13-,14+/m1/s1. The first-order valence-electron chi connectivity index (χ1n) is 7.56. The van der Waals surface area contributed by atoms with Crippen molar-refractivity contribution in [2.24, 2.45) is 11.8 Å². The van der Waals surface area contributed by atoms with E-state index in [1.807, 2.05) is 0 Å². The number of hydrogen-bond donors (Lipinski definition) is 2. The Morgan fingerprint density at radius 2 is 2.19 bits per heavy atom. The molecule has 4 nitrogen and oxygen atoms in total. The fourth-order valence-electron chi connectivity index (χ4n) is 3.09. The van der Waals surface area contributed by atoms with E-state index in [9.17, 15) is 13.5 Å². The molecule has 1 heterocycles.